The summed E-state index contributed by atoms with van der Waals surface area (Å²) in [6.07, 6.45) is 0. The Balaban J connectivity index is 2.45. The lowest BCUT2D eigenvalue weighted by Crippen LogP contribution is -2.13. The molecule has 1 aromatic carbocycles. The maximum Gasteiger partial charge on any atom is 0.123 e. The second-order valence-corrected chi connectivity index (χ2v) is 4.73. The number of halogens is 1. The fraction of sp³-hybridized carbons (Fsp3) is 0.231. The zero-order chi connectivity index (χ0) is 11.7. The Bertz CT molecular complexity index is 504. The molecule has 0 bridgehead atoms. The van der Waals surface area contributed by atoms with E-state index in [1.54, 1.807) is 17.4 Å². The molecule has 1 heterocycles. The van der Waals surface area contributed by atoms with Crippen molar-refractivity contribution in [3.63, 3.8) is 0 Å². The number of rotatable bonds is 2. The van der Waals surface area contributed by atoms with E-state index < -0.39 is 0 Å². The first-order valence-electron chi connectivity index (χ1n) is 5.14. The van der Waals surface area contributed by atoms with Crippen molar-refractivity contribution >= 4 is 11.3 Å². The summed E-state index contributed by atoms with van der Waals surface area (Å²) in [5.74, 6) is -0.232. The number of nitrogens with two attached hydrogens (primary N) is 1. The van der Waals surface area contributed by atoms with Gasteiger partial charge in [-0.05, 0) is 59.0 Å². The van der Waals surface area contributed by atoms with Crippen LogP contribution in [-0.2, 0) is 0 Å². The van der Waals surface area contributed by atoms with Crippen molar-refractivity contribution in [1.29, 1.82) is 0 Å². The lowest BCUT2D eigenvalue weighted by Gasteiger charge is -2.15. The van der Waals surface area contributed by atoms with Crippen LogP contribution in [0.2, 0.25) is 0 Å². The first-order chi connectivity index (χ1) is 7.59. The van der Waals surface area contributed by atoms with Crippen molar-refractivity contribution < 1.29 is 4.39 Å². The second kappa shape index (κ2) is 4.36. The van der Waals surface area contributed by atoms with Crippen LogP contribution in [0.5, 0.6) is 0 Å². The van der Waals surface area contributed by atoms with Crippen molar-refractivity contribution in [3.05, 3.63) is 57.0 Å². The van der Waals surface area contributed by atoms with Gasteiger partial charge in [0.1, 0.15) is 5.82 Å². The maximum absolute atomic E-state index is 13.2. The molecule has 16 heavy (non-hydrogen) atoms. The van der Waals surface area contributed by atoms with Crippen molar-refractivity contribution in [2.75, 3.05) is 0 Å². The molecule has 0 saturated carbocycles. The first kappa shape index (κ1) is 11.3. The molecule has 2 rings (SSSR count). The maximum atomic E-state index is 13.2. The van der Waals surface area contributed by atoms with Gasteiger partial charge in [-0.15, -0.1) is 0 Å². The van der Waals surface area contributed by atoms with E-state index in [1.165, 1.54) is 17.7 Å². The number of aryl methyl sites for hydroxylation is 2. The monoisotopic (exact) mass is 235 g/mol. The summed E-state index contributed by atoms with van der Waals surface area (Å²) in [5, 5.41) is 4.09. The van der Waals surface area contributed by atoms with E-state index in [2.05, 4.69) is 5.38 Å². The fourth-order valence-electron chi connectivity index (χ4n) is 1.80. The predicted molar refractivity (Wildman–Crippen MR) is 66.2 cm³/mol. The van der Waals surface area contributed by atoms with Crippen LogP contribution in [0.4, 0.5) is 4.39 Å². The van der Waals surface area contributed by atoms with Crippen molar-refractivity contribution in [2.45, 2.75) is 19.9 Å². The van der Waals surface area contributed by atoms with Crippen LogP contribution in [0.3, 0.4) is 0 Å². The van der Waals surface area contributed by atoms with Crippen LogP contribution >= 0.6 is 11.3 Å². The Morgan fingerprint density at radius 3 is 2.50 bits per heavy atom. The number of hydrogen-bond acceptors (Lipinski definition) is 2. The molecular formula is C13H14FNS. The Labute approximate surface area is 98.7 Å². The number of thiophene rings is 1. The van der Waals surface area contributed by atoms with Gasteiger partial charge in [-0.1, -0.05) is 6.07 Å². The summed E-state index contributed by atoms with van der Waals surface area (Å²) in [6.45, 7) is 3.98. The summed E-state index contributed by atoms with van der Waals surface area (Å²) in [7, 11) is 0. The van der Waals surface area contributed by atoms with Crippen LogP contribution in [-0.4, -0.2) is 0 Å². The number of benzene rings is 1. The first-order valence-corrected chi connectivity index (χ1v) is 6.08. The van der Waals surface area contributed by atoms with E-state index in [4.69, 9.17) is 5.73 Å². The lowest BCUT2D eigenvalue weighted by atomic mass is 9.95. The molecule has 0 aliphatic heterocycles. The summed E-state index contributed by atoms with van der Waals surface area (Å²) >= 11 is 1.63. The zero-order valence-corrected chi connectivity index (χ0v) is 10.1. The van der Waals surface area contributed by atoms with Crippen molar-refractivity contribution in [1.82, 2.24) is 0 Å². The van der Waals surface area contributed by atoms with E-state index in [0.717, 1.165) is 16.7 Å². The van der Waals surface area contributed by atoms with Gasteiger partial charge in [0.2, 0.25) is 0 Å². The summed E-state index contributed by atoms with van der Waals surface area (Å²) in [4.78, 5) is 0. The molecular weight excluding hydrogens is 221 g/mol. The minimum atomic E-state index is -0.234. The molecule has 0 aliphatic rings. The fourth-order valence-corrected chi connectivity index (χ4v) is 2.69. The third kappa shape index (κ3) is 2.01. The summed E-state index contributed by atoms with van der Waals surface area (Å²) in [5.41, 5.74) is 10.3. The molecule has 0 fully saturated rings. The van der Waals surface area contributed by atoms with E-state index in [-0.39, 0.29) is 11.9 Å². The minimum Gasteiger partial charge on any atom is -0.320 e. The van der Waals surface area contributed by atoms with E-state index in [1.807, 2.05) is 19.2 Å². The average Bonchev–Trinajstić information content (AvgIpc) is 2.67. The van der Waals surface area contributed by atoms with Gasteiger partial charge >= 0.3 is 0 Å². The molecule has 0 amide bonds. The molecule has 84 valence electrons. The van der Waals surface area contributed by atoms with Gasteiger partial charge in [0.05, 0.1) is 6.04 Å². The van der Waals surface area contributed by atoms with E-state index >= 15 is 0 Å². The smallest absolute Gasteiger partial charge is 0.123 e. The largest absolute Gasteiger partial charge is 0.320 e. The molecule has 0 saturated heterocycles. The lowest BCUT2D eigenvalue weighted by molar-refractivity contribution is 0.622. The van der Waals surface area contributed by atoms with E-state index in [9.17, 15) is 4.39 Å². The molecule has 2 aromatic rings. The van der Waals surface area contributed by atoms with Gasteiger partial charge < -0.3 is 5.73 Å². The minimum absolute atomic E-state index is 0.232. The molecule has 1 unspecified atom stereocenters. The predicted octanol–water partition coefficient (Wildman–Crippen LogP) is 3.55. The number of hydrogen-bond donors (Lipinski definition) is 1. The standard InChI is InChI=1S/C13H14FNS/c1-8-3-4-10(14)5-11(8)13(15)12-7-16-6-9(12)2/h3-7,13H,15H2,1-2H3. The molecule has 0 radical (unpaired) electrons. The molecule has 1 atom stereocenters. The Morgan fingerprint density at radius 2 is 1.88 bits per heavy atom. The van der Waals surface area contributed by atoms with Crippen molar-refractivity contribution in [3.8, 4) is 0 Å². The van der Waals surface area contributed by atoms with Crippen LogP contribution in [0.15, 0.2) is 29.0 Å². The second-order valence-electron chi connectivity index (χ2n) is 3.99. The van der Waals surface area contributed by atoms with Gasteiger partial charge in [0.15, 0.2) is 0 Å². The van der Waals surface area contributed by atoms with Crippen LogP contribution in [0, 0.1) is 19.7 Å². The van der Waals surface area contributed by atoms with Crippen LogP contribution in [0.25, 0.3) is 0 Å². The highest BCUT2D eigenvalue weighted by Crippen LogP contribution is 2.27. The van der Waals surface area contributed by atoms with Gasteiger partial charge in [-0.3, -0.25) is 0 Å². The van der Waals surface area contributed by atoms with Gasteiger partial charge in [-0.2, -0.15) is 11.3 Å². The van der Waals surface area contributed by atoms with E-state index in [0.29, 0.717) is 0 Å². The molecule has 0 spiro atoms. The molecule has 0 aliphatic carbocycles. The molecule has 2 N–H and O–H groups in total. The molecule has 3 heteroatoms. The Kier molecular flexibility index (Phi) is 3.08. The summed E-state index contributed by atoms with van der Waals surface area (Å²) < 4.78 is 13.2. The van der Waals surface area contributed by atoms with Gasteiger partial charge in [0, 0.05) is 0 Å². The van der Waals surface area contributed by atoms with Crippen LogP contribution < -0.4 is 5.73 Å². The average molecular weight is 235 g/mol. The third-order valence-electron chi connectivity index (χ3n) is 2.81. The normalized spacial score (nSPS) is 12.8. The molecule has 1 aromatic heterocycles. The Hall–Kier alpha value is -1.19. The topological polar surface area (TPSA) is 26.0 Å². The highest BCUT2D eigenvalue weighted by Gasteiger charge is 2.14. The highest BCUT2D eigenvalue weighted by molar-refractivity contribution is 7.08. The van der Waals surface area contributed by atoms with Crippen molar-refractivity contribution in [2.24, 2.45) is 5.73 Å². The quantitative estimate of drug-likeness (QED) is 0.846. The SMILES string of the molecule is Cc1cscc1C(N)c1cc(F)ccc1C. The van der Waals surface area contributed by atoms with Crippen LogP contribution in [0.1, 0.15) is 28.3 Å². The van der Waals surface area contributed by atoms with Gasteiger partial charge in [0.25, 0.3) is 0 Å². The third-order valence-corrected chi connectivity index (χ3v) is 3.69. The molecule has 1 nitrogen and oxygen atoms in total. The zero-order valence-electron chi connectivity index (χ0n) is 9.33. The Morgan fingerprint density at radius 1 is 1.12 bits per heavy atom. The highest BCUT2D eigenvalue weighted by atomic mass is 32.1. The van der Waals surface area contributed by atoms with Gasteiger partial charge in [-0.25, -0.2) is 4.39 Å². The summed E-state index contributed by atoms with van der Waals surface area (Å²) in [6, 6.07) is 4.52.